The second-order valence-corrected chi connectivity index (χ2v) is 7.27. The average Bonchev–Trinajstić information content (AvgIpc) is 2.71. The fourth-order valence-corrected chi connectivity index (χ4v) is 2.75. The van der Waals surface area contributed by atoms with Crippen molar-refractivity contribution in [1.29, 1.82) is 0 Å². The summed E-state index contributed by atoms with van der Waals surface area (Å²) < 4.78 is 39.6. The minimum Gasteiger partial charge on any atom is -0.347 e. The maximum Gasteiger partial charge on any atom is 0.243 e. The van der Waals surface area contributed by atoms with Crippen molar-refractivity contribution in [3.63, 3.8) is 0 Å². The summed E-state index contributed by atoms with van der Waals surface area (Å²) in [5.41, 5.74) is 1.09. The smallest absolute Gasteiger partial charge is 0.243 e. The zero-order chi connectivity index (χ0) is 22.3. The molecule has 2 aromatic rings. The maximum absolute atomic E-state index is 13.5. The molecule has 2 aromatic carbocycles. The van der Waals surface area contributed by atoms with Gasteiger partial charge in [-0.25, -0.2) is 13.2 Å². The van der Waals surface area contributed by atoms with Crippen LogP contribution in [0.25, 0.3) is 0 Å². The summed E-state index contributed by atoms with van der Waals surface area (Å²) in [6, 6.07) is 8.76. The van der Waals surface area contributed by atoms with Gasteiger partial charge in [-0.1, -0.05) is 38.1 Å². The SMILES string of the molecule is CC(C)Cc1ccc(C(=O)CCC(=O)NCC(=O)Nc2ccc(F)c(F)c2F)cc1. The van der Waals surface area contributed by atoms with E-state index in [9.17, 15) is 27.6 Å². The highest BCUT2D eigenvalue weighted by molar-refractivity contribution is 5.99. The number of hydrogen-bond donors (Lipinski definition) is 2. The first-order valence-electron chi connectivity index (χ1n) is 9.49. The number of halogens is 3. The van der Waals surface area contributed by atoms with E-state index in [1.807, 2.05) is 17.4 Å². The van der Waals surface area contributed by atoms with Gasteiger partial charge in [-0.3, -0.25) is 14.4 Å². The van der Waals surface area contributed by atoms with Gasteiger partial charge in [0.2, 0.25) is 11.8 Å². The molecule has 0 radical (unpaired) electrons. The van der Waals surface area contributed by atoms with Crippen LogP contribution in [0.5, 0.6) is 0 Å². The summed E-state index contributed by atoms with van der Waals surface area (Å²) >= 11 is 0. The van der Waals surface area contributed by atoms with Gasteiger partial charge in [0.25, 0.3) is 0 Å². The second-order valence-electron chi connectivity index (χ2n) is 7.27. The van der Waals surface area contributed by atoms with Crippen LogP contribution in [0.15, 0.2) is 36.4 Å². The van der Waals surface area contributed by atoms with Crippen LogP contribution in [0.3, 0.4) is 0 Å². The summed E-state index contributed by atoms with van der Waals surface area (Å²) in [4.78, 5) is 35.8. The summed E-state index contributed by atoms with van der Waals surface area (Å²) in [7, 11) is 0. The molecule has 0 unspecified atom stereocenters. The molecule has 0 aliphatic carbocycles. The Morgan fingerprint density at radius 1 is 0.867 bits per heavy atom. The molecular formula is C22H23F3N2O3. The molecule has 2 N–H and O–H groups in total. The Bertz CT molecular complexity index is 928. The molecule has 5 nitrogen and oxygen atoms in total. The van der Waals surface area contributed by atoms with Gasteiger partial charge < -0.3 is 10.6 Å². The average molecular weight is 420 g/mol. The summed E-state index contributed by atoms with van der Waals surface area (Å²) in [6.07, 6.45) is 0.752. The number of hydrogen-bond acceptors (Lipinski definition) is 3. The molecule has 0 aliphatic heterocycles. The number of rotatable bonds is 9. The van der Waals surface area contributed by atoms with Gasteiger partial charge in [0.05, 0.1) is 12.2 Å². The van der Waals surface area contributed by atoms with Gasteiger partial charge in [-0.2, -0.15) is 0 Å². The molecule has 0 aliphatic rings. The molecule has 0 heterocycles. The van der Waals surface area contributed by atoms with Gasteiger partial charge in [0.1, 0.15) is 0 Å². The number of anilines is 1. The Kier molecular flexibility index (Phi) is 8.15. The van der Waals surface area contributed by atoms with E-state index in [1.165, 1.54) is 0 Å². The molecule has 0 fully saturated rings. The highest BCUT2D eigenvalue weighted by Gasteiger charge is 2.16. The predicted octanol–water partition coefficient (Wildman–Crippen LogP) is 4.02. The number of ketones is 1. The van der Waals surface area contributed by atoms with Crippen LogP contribution in [0.2, 0.25) is 0 Å². The zero-order valence-electron chi connectivity index (χ0n) is 16.7. The second kappa shape index (κ2) is 10.6. The van der Waals surface area contributed by atoms with Crippen LogP contribution < -0.4 is 10.6 Å². The summed E-state index contributed by atoms with van der Waals surface area (Å²) in [5, 5.41) is 4.33. The largest absolute Gasteiger partial charge is 0.347 e. The van der Waals surface area contributed by atoms with Crippen molar-refractivity contribution >= 4 is 23.3 Å². The van der Waals surface area contributed by atoms with Crippen LogP contribution in [0, 0.1) is 23.4 Å². The van der Waals surface area contributed by atoms with Crippen LogP contribution in [0.4, 0.5) is 18.9 Å². The first-order valence-corrected chi connectivity index (χ1v) is 9.49. The van der Waals surface area contributed by atoms with Gasteiger partial charge in [-0.05, 0) is 30.0 Å². The first-order chi connectivity index (χ1) is 14.2. The Balaban J connectivity index is 1.77. The van der Waals surface area contributed by atoms with Crippen LogP contribution in [-0.4, -0.2) is 24.1 Å². The zero-order valence-corrected chi connectivity index (χ0v) is 16.7. The van der Waals surface area contributed by atoms with E-state index in [4.69, 9.17) is 0 Å². The third-order valence-corrected chi connectivity index (χ3v) is 4.25. The van der Waals surface area contributed by atoms with Crippen LogP contribution in [-0.2, 0) is 16.0 Å². The lowest BCUT2D eigenvalue weighted by Crippen LogP contribution is -2.33. The highest BCUT2D eigenvalue weighted by Crippen LogP contribution is 2.19. The molecule has 0 saturated carbocycles. The lowest BCUT2D eigenvalue weighted by atomic mass is 9.99. The summed E-state index contributed by atoms with van der Waals surface area (Å²) in [5.74, 6) is -5.66. The highest BCUT2D eigenvalue weighted by atomic mass is 19.2. The van der Waals surface area contributed by atoms with E-state index in [0.29, 0.717) is 17.5 Å². The van der Waals surface area contributed by atoms with Gasteiger partial charge in [0, 0.05) is 18.4 Å². The molecule has 0 aromatic heterocycles. The van der Waals surface area contributed by atoms with Crippen molar-refractivity contribution in [1.82, 2.24) is 5.32 Å². The molecule has 0 bridgehead atoms. The van der Waals surface area contributed by atoms with E-state index >= 15 is 0 Å². The number of benzene rings is 2. The van der Waals surface area contributed by atoms with Gasteiger partial charge in [-0.15, -0.1) is 0 Å². The molecule has 0 spiro atoms. The fraction of sp³-hybridized carbons (Fsp3) is 0.318. The van der Waals surface area contributed by atoms with Gasteiger partial charge >= 0.3 is 0 Å². The third-order valence-electron chi connectivity index (χ3n) is 4.25. The third kappa shape index (κ3) is 6.72. The van der Waals surface area contributed by atoms with Crippen LogP contribution in [0.1, 0.15) is 42.6 Å². The Labute approximate surface area is 172 Å². The van der Waals surface area contributed by atoms with Crippen molar-refractivity contribution in [3.8, 4) is 0 Å². The van der Waals surface area contributed by atoms with Crippen molar-refractivity contribution < 1.29 is 27.6 Å². The number of Topliss-reactive ketones (excluding diaryl/α,β-unsaturated/α-hetero) is 1. The van der Waals surface area contributed by atoms with E-state index in [0.717, 1.165) is 18.1 Å². The minimum atomic E-state index is -1.70. The Hall–Kier alpha value is -3.16. The molecule has 30 heavy (non-hydrogen) atoms. The lowest BCUT2D eigenvalue weighted by molar-refractivity contribution is -0.124. The predicted molar refractivity (Wildman–Crippen MR) is 107 cm³/mol. The number of amides is 2. The molecule has 0 atom stereocenters. The lowest BCUT2D eigenvalue weighted by Gasteiger charge is -2.09. The molecule has 0 saturated heterocycles. The quantitative estimate of drug-likeness (QED) is 0.475. The minimum absolute atomic E-state index is 0.0330. The van der Waals surface area contributed by atoms with E-state index in [1.54, 1.807) is 12.1 Å². The van der Waals surface area contributed by atoms with Crippen molar-refractivity contribution in [3.05, 3.63) is 65.0 Å². The molecule has 8 heteroatoms. The topological polar surface area (TPSA) is 75.3 Å². The maximum atomic E-state index is 13.5. The molecule has 160 valence electrons. The Morgan fingerprint density at radius 3 is 2.17 bits per heavy atom. The molecule has 2 rings (SSSR count). The monoisotopic (exact) mass is 420 g/mol. The van der Waals surface area contributed by atoms with Crippen molar-refractivity contribution in [2.45, 2.75) is 33.1 Å². The molecular weight excluding hydrogens is 397 g/mol. The number of nitrogens with one attached hydrogen (secondary N) is 2. The van der Waals surface area contributed by atoms with E-state index < -0.39 is 41.5 Å². The summed E-state index contributed by atoms with van der Waals surface area (Å²) in [6.45, 7) is 3.70. The van der Waals surface area contributed by atoms with Gasteiger partial charge in [0.15, 0.2) is 23.2 Å². The normalized spacial score (nSPS) is 10.7. The first kappa shape index (κ1) is 23.1. The van der Waals surface area contributed by atoms with Crippen molar-refractivity contribution in [2.75, 3.05) is 11.9 Å². The van der Waals surface area contributed by atoms with E-state index in [2.05, 4.69) is 19.2 Å². The van der Waals surface area contributed by atoms with E-state index in [-0.39, 0.29) is 18.6 Å². The standard InChI is InChI=1S/C22H23F3N2O3/c1-13(2)11-14-3-5-15(6-4-14)18(28)9-10-19(29)26-12-20(30)27-17-8-7-16(23)21(24)22(17)25/h3-8,13H,9-12H2,1-2H3,(H,26,29)(H,27,30). The fourth-order valence-electron chi connectivity index (χ4n) is 2.75. The molecule has 2 amide bonds. The Morgan fingerprint density at radius 2 is 1.53 bits per heavy atom. The number of carbonyl (C=O) groups is 3. The number of carbonyl (C=O) groups excluding carboxylic acids is 3. The van der Waals surface area contributed by atoms with Crippen LogP contribution >= 0.6 is 0 Å². The van der Waals surface area contributed by atoms with Crippen molar-refractivity contribution in [2.24, 2.45) is 5.92 Å².